The van der Waals surface area contributed by atoms with Crippen molar-refractivity contribution in [3.05, 3.63) is 46.7 Å². The molecule has 1 aliphatic heterocycles. The van der Waals surface area contributed by atoms with Gasteiger partial charge in [0.1, 0.15) is 0 Å². The van der Waals surface area contributed by atoms with Gasteiger partial charge < -0.3 is 15.4 Å². The van der Waals surface area contributed by atoms with Gasteiger partial charge in [-0.2, -0.15) is 0 Å². The van der Waals surface area contributed by atoms with Crippen molar-refractivity contribution in [3.63, 3.8) is 0 Å². The Kier molecular flexibility index (Phi) is 3.55. The van der Waals surface area contributed by atoms with Gasteiger partial charge in [0.15, 0.2) is 0 Å². The molecule has 19 heavy (non-hydrogen) atoms. The number of methoxy groups -OCH3 is 1. The van der Waals surface area contributed by atoms with Crippen LogP contribution in [0.2, 0.25) is 0 Å². The molecule has 1 aromatic rings. The van der Waals surface area contributed by atoms with E-state index >= 15 is 0 Å². The molecule has 5 heteroatoms. The minimum absolute atomic E-state index is 0.323. The van der Waals surface area contributed by atoms with E-state index in [1.54, 1.807) is 6.92 Å². The van der Waals surface area contributed by atoms with Crippen molar-refractivity contribution in [3.8, 4) is 0 Å². The third-order valence-electron chi connectivity index (χ3n) is 3.09. The van der Waals surface area contributed by atoms with Gasteiger partial charge in [-0.05, 0) is 19.4 Å². The Labute approximate surface area is 111 Å². The first-order valence-electron chi connectivity index (χ1n) is 5.96. The summed E-state index contributed by atoms with van der Waals surface area (Å²) in [4.78, 5) is 23.4. The van der Waals surface area contributed by atoms with E-state index < -0.39 is 12.0 Å². The van der Waals surface area contributed by atoms with Gasteiger partial charge in [0.25, 0.3) is 0 Å². The summed E-state index contributed by atoms with van der Waals surface area (Å²) in [5.41, 5.74) is 2.90. The smallest absolute Gasteiger partial charge is 0.337 e. The third kappa shape index (κ3) is 2.59. The van der Waals surface area contributed by atoms with Gasteiger partial charge in [-0.15, -0.1) is 0 Å². The van der Waals surface area contributed by atoms with E-state index in [1.165, 1.54) is 7.11 Å². The average molecular weight is 260 g/mol. The number of urea groups is 1. The molecule has 0 unspecified atom stereocenters. The molecule has 1 heterocycles. The van der Waals surface area contributed by atoms with Gasteiger partial charge in [-0.25, -0.2) is 9.59 Å². The fraction of sp³-hybridized carbons (Fsp3) is 0.286. The Bertz CT molecular complexity index is 546. The average Bonchev–Trinajstić information content (AvgIpc) is 2.38. The molecule has 0 radical (unpaired) electrons. The minimum Gasteiger partial charge on any atom is -0.466 e. The van der Waals surface area contributed by atoms with Crippen LogP contribution in [0.15, 0.2) is 35.5 Å². The van der Waals surface area contributed by atoms with E-state index in [1.807, 2.05) is 31.2 Å². The van der Waals surface area contributed by atoms with Gasteiger partial charge in [-0.1, -0.05) is 29.8 Å². The normalized spacial score (nSPS) is 18.7. The highest BCUT2D eigenvalue weighted by Gasteiger charge is 2.31. The lowest BCUT2D eigenvalue weighted by molar-refractivity contribution is -0.136. The zero-order chi connectivity index (χ0) is 14.0. The molecule has 0 saturated carbocycles. The number of nitrogens with one attached hydrogen (secondary N) is 2. The van der Waals surface area contributed by atoms with Gasteiger partial charge in [0, 0.05) is 5.70 Å². The van der Waals surface area contributed by atoms with Gasteiger partial charge in [-0.3, -0.25) is 0 Å². The number of amides is 2. The van der Waals surface area contributed by atoms with Crippen LogP contribution in [0.1, 0.15) is 24.1 Å². The minimum atomic E-state index is -0.484. The molecule has 2 amide bonds. The number of rotatable bonds is 2. The zero-order valence-electron chi connectivity index (χ0n) is 11.1. The van der Waals surface area contributed by atoms with Crippen molar-refractivity contribution >= 4 is 12.0 Å². The number of ether oxygens (including phenoxy) is 1. The van der Waals surface area contributed by atoms with Crippen LogP contribution < -0.4 is 10.6 Å². The number of esters is 1. The van der Waals surface area contributed by atoms with Gasteiger partial charge >= 0.3 is 12.0 Å². The van der Waals surface area contributed by atoms with Crippen molar-refractivity contribution in [2.75, 3.05) is 7.11 Å². The second-order valence-corrected chi connectivity index (χ2v) is 4.47. The summed E-state index contributed by atoms with van der Waals surface area (Å²) in [5, 5.41) is 5.32. The van der Waals surface area contributed by atoms with Crippen LogP contribution in [-0.4, -0.2) is 19.1 Å². The molecule has 5 nitrogen and oxygen atoms in total. The predicted octanol–water partition coefficient (Wildman–Crippen LogP) is 1.80. The number of allylic oxidation sites excluding steroid dienone is 1. The molecule has 0 spiro atoms. The fourth-order valence-corrected chi connectivity index (χ4v) is 2.08. The first-order valence-corrected chi connectivity index (χ1v) is 5.96. The summed E-state index contributed by atoms with van der Waals surface area (Å²) in [6.07, 6.45) is 0. The molecule has 0 aliphatic carbocycles. The van der Waals surface area contributed by atoms with Crippen LogP contribution in [0.5, 0.6) is 0 Å². The summed E-state index contributed by atoms with van der Waals surface area (Å²) >= 11 is 0. The van der Waals surface area contributed by atoms with E-state index in [0.29, 0.717) is 11.3 Å². The molecule has 0 bridgehead atoms. The van der Waals surface area contributed by atoms with E-state index in [9.17, 15) is 9.59 Å². The standard InChI is InChI=1S/C14H16N2O3/c1-8-4-6-10(7-5-8)12-11(13(17)19-3)9(2)15-14(18)16-12/h4-7,12H,1-3H3,(H2,15,16,18)/t12-/m0/s1. The Hall–Kier alpha value is -2.30. The highest BCUT2D eigenvalue weighted by Crippen LogP contribution is 2.27. The summed E-state index contributed by atoms with van der Waals surface area (Å²) in [7, 11) is 1.32. The molecule has 0 aromatic heterocycles. The Balaban J connectivity index is 2.46. The zero-order valence-corrected chi connectivity index (χ0v) is 11.1. The molecule has 2 rings (SSSR count). The molecular formula is C14H16N2O3. The molecule has 0 fully saturated rings. The molecule has 1 aliphatic rings. The predicted molar refractivity (Wildman–Crippen MR) is 70.3 cm³/mol. The van der Waals surface area contributed by atoms with E-state index in [2.05, 4.69) is 10.6 Å². The fourth-order valence-electron chi connectivity index (χ4n) is 2.08. The van der Waals surface area contributed by atoms with E-state index in [0.717, 1.165) is 11.1 Å². The molecule has 0 saturated heterocycles. The highest BCUT2D eigenvalue weighted by molar-refractivity contribution is 5.94. The SMILES string of the molecule is COC(=O)C1=C(C)NC(=O)N[C@H]1c1ccc(C)cc1. The lowest BCUT2D eigenvalue weighted by Crippen LogP contribution is -2.45. The summed E-state index contributed by atoms with van der Waals surface area (Å²) in [5.74, 6) is -0.449. The monoisotopic (exact) mass is 260 g/mol. The topological polar surface area (TPSA) is 67.4 Å². The van der Waals surface area contributed by atoms with Crippen molar-refractivity contribution < 1.29 is 14.3 Å². The Morgan fingerprint density at radius 1 is 1.21 bits per heavy atom. The highest BCUT2D eigenvalue weighted by atomic mass is 16.5. The van der Waals surface area contributed by atoms with Crippen molar-refractivity contribution in [2.24, 2.45) is 0 Å². The van der Waals surface area contributed by atoms with Crippen molar-refractivity contribution in [1.29, 1.82) is 0 Å². The van der Waals surface area contributed by atoms with E-state index in [4.69, 9.17) is 4.74 Å². The summed E-state index contributed by atoms with van der Waals surface area (Å²) in [6, 6.07) is 6.85. The number of benzene rings is 1. The third-order valence-corrected chi connectivity index (χ3v) is 3.09. The molecule has 2 N–H and O–H groups in total. The van der Waals surface area contributed by atoms with Gasteiger partial charge in [0.05, 0.1) is 18.7 Å². The van der Waals surface area contributed by atoms with Crippen LogP contribution in [0.3, 0.4) is 0 Å². The van der Waals surface area contributed by atoms with Crippen LogP contribution in [0.4, 0.5) is 4.79 Å². The lowest BCUT2D eigenvalue weighted by Gasteiger charge is -2.27. The van der Waals surface area contributed by atoms with Crippen LogP contribution in [0, 0.1) is 6.92 Å². The Morgan fingerprint density at radius 2 is 1.84 bits per heavy atom. The first-order chi connectivity index (χ1) is 9.02. The maximum atomic E-state index is 11.9. The second-order valence-electron chi connectivity index (χ2n) is 4.47. The first kappa shape index (κ1) is 13.1. The van der Waals surface area contributed by atoms with Gasteiger partial charge in [0.2, 0.25) is 0 Å². The number of carbonyl (C=O) groups is 2. The molecule has 1 aromatic carbocycles. The molecule has 100 valence electrons. The van der Waals surface area contributed by atoms with Crippen molar-refractivity contribution in [2.45, 2.75) is 19.9 Å². The number of hydrogen-bond donors (Lipinski definition) is 2. The second kappa shape index (κ2) is 5.14. The summed E-state index contributed by atoms with van der Waals surface area (Å²) < 4.78 is 4.78. The maximum absolute atomic E-state index is 11.9. The lowest BCUT2D eigenvalue weighted by atomic mass is 9.95. The summed E-state index contributed by atoms with van der Waals surface area (Å²) in [6.45, 7) is 3.67. The number of carbonyl (C=O) groups excluding carboxylic acids is 2. The van der Waals surface area contributed by atoms with Crippen LogP contribution in [-0.2, 0) is 9.53 Å². The van der Waals surface area contributed by atoms with Crippen LogP contribution in [0.25, 0.3) is 0 Å². The molecule has 1 atom stereocenters. The largest absolute Gasteiger partial charge is 0.466 e. The number of aryl methyl sites for hydroxylation is 1. The Morgan fingerprint density at radius 3 is 2.42 bits per heavy atom. The van der Waals surface area contributed by atoms with Crippen molar-refractivity contribution in [1.82, 2.24) is 10.6 Å². The maximum Gasteiger partial charge on any atom is 0.337 e. The van der Waals surface area contributed by atoms with E-state index in [-0.39, 0.29) is 6.03 Å². The number of hydrogen-bond acceptors (Lipinski definition) is 3. The molecular weight excluding hydrogens is 244 g/mol. The van der Waals surface area contributed by atoms with Crippen LogP contribution >= 0.6 is 0 Å². The quantitative estimate of drug-likeness (QED) is 0.797.